The summed E-state index contributed by atoms with van der Waals surface area (Å²) in [5.74, 6) is -0.403. The molecule has 0 saturated heterocycles. The SMILES string of the molecule is CN(CCO)Cc1ccc(F)c(Cl)c1. The zero-order valence-electron chi connectivity index (χ0n) is 8.00. The van der Waals surface area contributed by atoms with E-state index < -0.39 is 5.82 Å². The van der Waals surface area contributed by atoms with Gasteiger partial charge in [0, 0.05) is 13.1 Å². The van der Waals surface area contributed by atoms with Gasteiger partial charge in [0.25, 0.3) is 0 Å². The van der Waals surface area contributed by atoms with E-state index in [9.17, 15) is 4.39 Å². The maximum atomic E-state index is 12.8. The lowest BCUT2D eigenvalue weighted by Gasteiger charge is -2.14. The first-order valence-corrected chi connectivity index (χ1v) is 4.74. The van der Waals surface area contributed by atoms with E-state index in [2.05, 4.69) is 0 Å². The maximum absolute atomic E-state index is 12.8. The number of rotatable bonds is 4. The van der Waals surface area contributed by atoms with Crippen molar-refractivity contribution in [2.24, 2.45) is 0 Å². The number of nitrogens with zero attached hydrogens (tertiary/aromatic N) is 1. The van der Waals surface area contributed by atoms with Crippen LogP contribution in [0.2, 0.25) is 5.02 Å². The van der Waals surface area contributed by atoms with Crippen LogP contribution in [0.5, 0.6) is 0 Å². The first kappa shape index (κ1) is 11.4. The molecule has 0 aliphatic heterocycles. The predicted molar refractivity (Wildman–Crippen MR) is 54.8 cm³/mol. The Balaban J connectivity index is 2.63. The molecule has 0 unspecified atom stereocenters. The summed E-state index contributed by atoms with van der Waals surface area (Å²) in [7, 11) is 1.88. The number of halogens is 2. The lowest BCUT2D eigenvalue weighted by Crippen LogP contribution is -2.21. The van der Waals surface area contributed by atoms with Gasteiger partial charge in [0.1, 0.15) is 5.82 Å². The highest BCUT2D eigenvalue weighted by Crippen LogP contribution is 2.16. The van der Waals surface area contributed by atoms with Crippen LogP contribution in [0, 0.1) is 5.82 Å². The Morgan fingerprint density at radius 3 is 2.79 bits per heavy atom. The molecule has 4 heteroatoms. The fourth-order valence-corrected chi connectivity index (χ4v) is 1.40. The molecule has 0 aliphatic rings. The van der Waals surface area contributed by atoms with Crippen LogP contribution in [0.15, 0.2) is 18.2 Å². The minimum Gasteiger partial charge on any atom is -0.395 e. The fourth-order valence-electron chi connectivity index (χ4n) is 1.20. The first-order chi connectivity index (χ1) is 6.63. The van der Waals surface area contributed by atoms with Crippen molar-refractivity contribution in [3.8, 4) is 0 Å². The Bertz CT molecular complexity index is 306. The second-order valence-electron chi connectivity index (χ2n) is 3.21. The van der Waals surface area contributed by atoms with Crippen LogP contribution in [0.25, 0.3) is 0 Å². The molecule has 1 aromatic rings. The second kappa shape index (κ2) is 5.29. The molecule has 2 nitrogen and oxygen atoms in total. The van der Waals surface area contributed by atoms with E-state index in [4.69, 9.17) is 16.7 Å². The lowest BCUT2D eigenvalue weighted by atomic mass is 10.2. The van der Waals surface area contributed by atoms with Gasteiger partial charge in [-0.15, -0.1) is 0 Å². The van der Waals surface area contributed by atoms with Crippen molar-refractivity contribution in [3.05, 3.63) is 34.6 Å². The number of aliphatic hydroxyl groups is 1. The Kier molecular flexibility index (Phi) is 4.32. The zero-order valence-corrected chi connectivity index (χ0v) is 8.76. The van der Waals surface area contributed by atoms with Crippen molar-refractivity contribution in [2.75, 3.05) is 20.2 Å². The molecule has 0 amide bonds. The average molecular weight is 218 g/mol. The molecule has 0 spiro atoms. The van der Waals surface area contributed by atoms with Crippen molar-refractivity contribution in [3.63, 3.8) is 0 Å². The second-order valence-corrected chi connectivity index (χ2v) is 3.62. The van der Waals surface area contributed by atoms with E-state index in [-0.39, 0.29) is 11.6 Å². The molecule has 0 heterocycles. The van der Waals surface area contributed by atoms with Crippen molar-refractivity contribution in [1.82, 2.24) is 4.90 Å². The minimum atomic E-state index is -0.403. The monoisotopic (exact) mass is 217 g/mol. The summed E-state index contributed by atoms with van der Waals surface area (Å²) in [6, 6.07) is 4.64. The summed E-state index contributed by atoms with van der Waals surface area (Å²) in [6.07, 6.45) is 0. The molecule has 0 aromatic heterocycles. The Labute approximate surface area is 87.9 Å². The van der Waals surface area contributed by atoms with Crippen molar-refractivity contribution >= 4 is 11.6 Å². The van der Waals surface area contributed by atoms with Gasteiger partial charge < -0.3 is 5.11 Å². The number of benzene rings is 1. The van der Waals surface area contributed by atoms with Crippen LogP contribution in [0.4, 0.5) is 4.39 Å². The smallest absolute Gasteiger partial charge is 0.141 e. The molecule has 14 heavy (non-hydrogen) atoms. The van der Waals surface area contributed by atoms with E-state index in [1.165, 1.54) is 6.07 Å². The average Bonchev–Trinajstić information content (AvgIpc) is 2.12. The first-order valence-electron chi connectivity index (χ1n) is 4.37. The van der Waals surface area contributed by atoms with Crippen LogP contribution >= 0.6 is 11.6 Å². The summed E-state index contributed by atoms with van der Waals surface area (Å²) < 4.78 is 12.8. The highest BCUT2D eigenvalue weighted by molar-refractivity contribution is 6.30. The van der Waals surface area contributed by atoms with Gasteiger partial charge in [-0.1, -0.05) is 17.7 Å². The summed E-state index contributed by atoms with van der Waals surface area (Å²) in [4.78, 5) is 1.93. The minimum absolute atomic E-state index is 0.116. The Hall–Kier alpha value is -0.640. The summed E-state index contributed by atoms with van der Waals surface area (Å²) in [6.45, 7) is 1.36. The standard InChI is InChI=1S/C10H13ClFNO/c1-13(4-5-14)7-8-2-3-10(12)9(11)6-8/h2-3,6,14H,4-5,7H2,1H3. The van der Waals surface area contributed by atoms with Gasteiger partial charge in [-0.2, -0.15) is 0 Å². The third kappa shape index (κ3) is 3.25. The molecule has 78 valence electrons. The van der Waals surface area contributed by atoms with Crippen molar-refractivity contribution in [2.45, 2.75) is 6.54 Å². The van der Waals surface area contributed by atoms with Crippen molar-refractivity contribution < 1.29 is 9.50 Å². The van der Waals surface area contributed by atoms with Crippen LogP contribution in [-0.4, -0.2) is 30.2 Å². The van der Waals surface area contributed by atoms with E-state index in [0.717, 1.165) is 5.56 Å². The van der Waals surface area contributed by atoms with E-state index >= 15 is 0 Å². The predicted octanol–water partition coefficient (Wildman–Crippen LogP) is 1.90. The Morgan fingerprint density at radius 2 is 2.21 bits per heavy atom. The third-order valence-corrected chi connectivity index (χ3v) is 2.21. The number of aliphatic hydroxyl groups excluding tert-OH is 1. The van der Waals surface area contributed by atoms with Crippen LogP contribution < -0.4 is 0 Å². The van der Waals surface area contributed by atoms with E-state index in [1.807, 2.05) is 11.9 Å². The van der Waals surface area contributed by atoms with E-state index in [1.54, 1.807) is 12.1 Å². The number of likely N-dealkylation sites (N-methyl/N-ethyl adjacent to an activating group) is 1. The molecule has 0 saturated carbocycles. The molecule has 0 atom stereocenters. The summed E-state index contributed by atoms with van der Waals surface area (Å²) in [5.41, 5.74) is 0.937. The number of hydrogen-bond acceptors (Lipinski definition) is 2. The van der Waals surface area contributed by atoms with E-state index in [0.29, 0.717) is 13.1 Å². The largest absolute Gasteiger partial charge is 0.395 e. The normalized spacial score (nSPS) is 10.9. The van der Waals surface area contributed by atoms with Gasteiger partial charge in [-0.25, -0.2) is 4.39 Å². The molecular formula is C10H13ClFNO. The van der Waals surface area contributed by atoms with Gasteiger partial charge in [0.2, 0.25) is 0 Å². The fraction of sp³-hybridized carbons (Fsp3) is 0.400. The molecule has 1 aromatic carbocycles. The lowest BCUT2D eigenvalue weighted by molar-refractivity contribution is 0.217. The van der Waals surface area contributed by atoms with Gasteiger partial charge in [0.05, 0.1) is 11.6 Å². The molecule has 0 radical (unpaired) electrons. The molecular weight excluding hydrogens is 205 g/mol. The topological polar surface area (TPSA) is 23.5 Å². The summed E-state index contributed by atoms with van der Waals surface area (Å²) in [5, 5.41) is 8.82. The highest BCUT2D eigenvalue weighted by atomic mass is 35.5. The molecule has 1 rings (SSSR count). The van der Waals surface area contributed by atoms with Crippen LogP contribution in [0.3, 0.4) is 0 Å². The molecule has 0 fully saturated rings. The van der Waals surface area contributed by atoms with Crippen molar-refractivity contribution in [1.29, 1.82) is 0 Å². The Morgan fingerprint density at radius 1 is 1.50 bits per heavy atom. The number of hydrogen-bond donors (Lipinski definition) is 1. The highest BCUT2D eigenvalue weighted by Gasteiger charge is 2.03. The van der Waals surface area contributed by atoms with Crippen LogP contribution in [0.1, 0.15) is 5.56 Å². The maximum Gasteiger partial charge on any atom is 0.141 e. The van der Waals surface area contributed by atoms with Gasteiger partial charge in [-0.05, 0) is 24.7 Å². The summed E-state index contributed by atoms with van der Waals surface area (Å²) >= 11 is 5.63. The molecule has 1 N–H and O–H groups in total. The van der Waals surface area contributed by atoms with Gasteiger partial charge in [-0.3, -0.25) is 4.90 Å². The van der Waals surface area contributed by atoms with Crippen LogP contribution in [-0.2, 0) is 6.54 Å². The third-order valence-electron chi connectivity index (χ3n) is 1.92. The van der Waals surface area contributed by atoms with Gasteiger partial charge in [0.15, 0.2) is 0 Å². The van der Waals surface area contributed by atoms with Gasteiger partial charge >= 0.3 is 0 Å². The quantitative estimate of drug-likeness (QED) is 0.833. The zero-order chi connectivity index (χ0) is 10.6. The molecule has 0 bridgehead atoms. The molecule has 0 aliphatic carbocycles.